The van der Waals surface area contributed by atoms with Gasteiger partial charge in [0.2, 0.25) is 0 Å². The number of aromatic carboxylic acids is 1. The van der Waals surface area contributed by atoms with E-state index in [1.807, 2.05) is 0 Å². The summed E-state index contributed by atoms with van der Waals surface area (Å²) in [5.41, 5.74) is 4.02. The van der Waals surface area contributed by atoms with Gasteiger partial charge in [0, 0.05) is 24.3 Å². The SMILES string of the molecule is O=C(O)c1ccc2nc(-c3ccc(N4CCCC4)cc3)[nH]c2c1. The molecule has 0 saturated carbocycles. The number of carbonyl (C=O) groups is 1. The lowest BCUT2D eigenvalue weighted by molar-refractivity contribution is 0.0697. The maximum atomic E-state index is 11.0. The zero-order valence-electron chi connectivity index (χ0n) is 12.6. The third-order valence-corrected chi connectivity index (χ3v) is 4.34. The molecule has 3 aromatic rings. The van der Waals surface area contributed by atoms with Crippen LogP contribution in [-0.4, -0.2) is 34.1 Å². The second-order valence-corrected chi connectivity index (χ2v) is 5.86. The molecule has 2 N–H and O–H groups in total. The van der Waals surface area contributed by atoms with Crippen molar-refractivity contribution in [2.45, 2.75) is 12.8 Å². The highest BCUT2D eigenvalue weighted by atomic mass is 16.4. The van der Waals surface area contributed by atoms with Crippen LogP contribution >= 0.6 is 0 Å². The summed E-state index contributed by atoms with van der Waals surface area (Å²) in [6, 6.07) is 13.3. The van der Waals surface area contributed by atoms with Gasteiger partial charge in [-0.25, -0.2) is 9.78 Å². The van der Waals surface area contributed by atoms with Crippen molar-refractivity contribution in [3.63, 3.8) is 0 Å². The van der Waals surface area contributed by atoms with Crippen LogP contribution in [0.4, 0.5) is 5.69 Å². The molecule has 0 radical (unpaired) electrons. The van der Waals surface area contributed by atoms with E-state index in [1.165, 1.54) is 18.5 Å². The van der Waals surface area contributed by atoms with Crippen LogP contribution < -0.4 is 4.90 Å². The summed E-state index contributed by atoms with van der Waals surface area (Å²) in [5, 5.41) is 9.06. The van der Waals surface area contributed by atoms with E-state index in [0.717, 1.165) is 35.5 Å². The van der Waals surface area contributed by atoms with Crippen LogP contribution in [0.1, 0.15) is 23.2 Å². The predicted molar refractivity (Wildman–Crippen MR) is 89.9 cm³/mol. The quantitative estimate of drug-likeness (QED) is 0.776. The van der Waals surface area contributed by atoms with Crippen molar-refractivity contribution in [1.82, 2.24) is 9.97 Å². The molecule has 0 amide bonds. The Morgan fingerprint density at radius 1 is 1.09 bits per heavy atom. The molecular formula is C18H17N3O2. The van der Waals surface area contributed by atoms with E-state index in [4.69, 9.17) is 5.11 Å². The van der Waals surface area contributed by atoms with Crippen LogP contribution in [0, 0.1) is 0 Å². The first-order chi connectivity index (χ1) is 11.2. The van der Waals surface area contributed by atoms with E-state index in [9.17, 15) is 4.79 Å². The monoisotopic (exact) mass is 307 g/mol. The number of aromatic nitrogens is 2. The van der Waals surface area contributed by atoms with Gasteiger partial charge in [0.15, 0.2) is 0 Å². The number of benzene rings is 2. The van der Waals surface area contributed by atoms with Crippen molar-refractivity contribution >= 4 is 22.7 Å². The molecule has 0 bridgehead atoms. The Morgan fingerprint density at radius 3 is 2.52 bits per heavy atom. The van der Waals surface area contributed by atoms with Crippen molar-refractivity contribution in [2.24, 2.45) is 0 Å². The van der Waals surface area contributed by atoms with Gasteiger partial charge in [-0.15, -0.1) is 0 Å². The van der Waals surface area contributed by atoms with Gasteiger partial charge in [-0.1, -0.05) is 0 Å². The zero-order chi connectivity index (χ0) is 15.8. The first-order valence-electron chi connectivity index (χ1n) is 7.79. The van der Waals surface area contributed by atoms with E-state index in [-0.39, 0.29) is 5.56 Å². The summed E-state index contributed by atoms with van der Waals surface area (Å²) in [6.07, 6.45) is 2.52. The summed E-state index contributed by atoms with van der Waals surface area (Å²) in [7, 11) is 0. The first-order valence-corrected chi connectivity index (χ1v) is 7.79. The average molecular weight is 307 g/mol. The number of carboxylic acids is 1. The minimum Gasteiger partial charge on any atom is -0.478 e. The Kier molecular flexibility index (Phi) is 3.26. The smallest absolute Gasteiger partial charge is 0.335 e. The Labute approximate surface area is 133 Å². The molecule has 2 heterocycles. The number of aromatic amines is 1. The van der Waals surface area contributed by atoms with E-state index >= 15 is 0 Å². The lowest BCUT2D eigenvalue weighted by Gasteiger charge is -2.17. The number of fused-ring (bicyclic) bond motifs is 1. The number of hydrogen-bond acceptors (Lipinski definition) is 3. The van der Waals surface area contributed by atoms with Gasteiger partial charge in [0.1, 0.15) is 5.82 Å². The predicted octanol–water partition coefficient (Wildman–Crippen LogP) is 3.53. The number of H-pyrrole nitrogens is 1. The first kappa shape index (κ1) is 13.8. The number of anilines is 1. The minimum absolute atomic E-state index is 0.261. The molecule has 0 spiro atoms. The fraction of sp³-hybridized carbons (Fsp3) is 0.222. The van der Waals surface area contributed by atoms with Crippen molar-refractivity contribution in [3.8, 4) is 11.4 Å². The Morgan fingerprint density at radius 2 is 1.83 bits per heavy atom. The largest absolute Gasteiger partial charge is 0.478 e. The molecule has 1 aromatic heterocycles. The molecule has 1 aliphatic heterocycles. The van der Waals surface area contributed by atoms with Gasteiger partial charge in [-0.2, -0.15) is 0 Å². The maximum absolute atomic E-state index is 11.0. The number of nitrogens with one attached hydrogen (secondary N) is 1. The molecule has 1 aliphatic rings. The van der Waals surface area contributed by atoms with Crippen LogP contribution in [0.5, 0.6) is 0 Å². The molecule has 4 rings (SSSR count). The molecule has 116 valence electrons. The molecule has 1 saturated heterocycles. The van der Waals surface area contributed by atoms with E-state index in [1.54, 1.807) is 18.2 Å². The fourth-order valence-electron chi connectivity index (χ4n) is 3.08. The number of nitrogens with zero attached hydrogens (tertiary/aromatic N) is 2. The van der Waals surface area contributed by atoms with Gasteiger partial charge >= 0.3 is 5.97 Å². The topological polar surface area (TPSA) is 69.2 Å². The molecule has 0 atom stereocenters. The Hall–Kier alpha value is -2.82. The third-order valence-electron chi connectivity index (χ3n) is 4.34. The van der Waals surface area contributed by atoms with E-state index in [2.05, 4.69) is 39.1 Å². The van der Waals surface area contributed by atoms with Gasteiger partial charge in [0.05, 0.1) is 16.6 Å². The van der Waals surface area contributed by atoms with Crippen molar-refractivity contribution in [2.75, 3.05) is 18.0 Å². The van der Waals surface area contributed by atoms with Crippen LogP contribution in [-0.2, 0) is 0 Å². The van der Waals surface area contributed by atoms with Crippen LogP contribution in [0.2, 0.25) is 0 Å². The van der Waals surface area contributed by atoms with Crippen LogP contribution in [0.15, 0.2) is 42.5 Å². The summed E-state index contributed by atoms with van der Waals surface area (Å²) in [5.74, 6) is -0.173. The summed E-state index contributed by atoms with van der Waals surface area (Å²) in [6.45, 7) is 2.25. The molecule has 0 aliphatic carbocycles. The fourth-order valence-corrected chi connectivity index (χ4v) is 3.08. The molecule has 5 nitrogen and oxygen atoms in total. The summed E-state index contributed by atoms with van der Waals surface area (Å²) < 4.78 is 0. The Bertz CT molecular complexity index is 862. The molecular weight excluding hydrogens is 290 g/mol. The van der Waals surface area contributed by atoms with Gasteiger partial charge < -0.3 is 15.0 Å². The maximum Gasteiger partial charge on any atom is 0.335 e. The van der Waals surface area contributed by atoms with Gasteiger partial charge in [-0.05, 0) is 55.3 Å². The van der Waals surface area contributed by atoms with Crippen molar-refractivity contribution in [3.05, 3.63) is 48.0 Å². The lowest BCUT2D eigenvalue weighted by Crippen LogP contribution is -2.17. The number of carboxylic acid groups (broad SMARTS) is 1. The zero-order valence-corrected chi connectivity index (χ0v) is 12.6. The highest BCUT2D eigenvalue weighted by molar-refractivity contribution is 5.93. The van der Waals surface area contributed by atoms with Crippen LogP contribution in [0.25, 0.3) is 22.4 Å². The molecule has 0 unspecified atom stereocenters. The number of imidazole rings is 1. The summed E-state index contributed by atoms with van der Waals surface area (Å²) in [4.78, 5) is 21.2. The highest BCUT2D eigenvalue weighted by Crippen LogP contribution is 2.25. The number of hydrogen-bond donors (Lipinski definition) is 2. The van der Waals surface area contributed by atoms with Crippen molar-refractivity contribution in [1.29, 1.82) is 0 Å². The highest BCUT2D eigenvalue weighted by Gasteiger charge is 2.13. The lowest BCUT2D eigenvalue weighted by atomic mass is 10.2. The van der Waals surface area contributed by atoms with Crippen LogP contribution in [0.3, 0.4) is 0 Å². The summed E-state index contributed by atoms with van der Waals surface area (Å²) >= 11 is 0. The molecule has 5 heteroatoms. The van der Waals surface area contributed by atoms with E-state index < -0.39 is 5.97 Å². The number of rotatable bonds is 3. The minimum atomic E-state index is -0.932. The second-order valence-electron chi connectivity index (χ2n) is 5.86. The normalized spacial score (nSPS) is 14.5. The third kappa shape index (κ3) is 2.54. The molecule has 2 aromatic carbocycles. The molecule has 23 heavy (non-hydrogen) atoms. The Balaban J connectivity index is 1.66. The van der Waals surface area contributed by atoms with Gasteiger partial charge in [-0.3, -0.25) is 0 Å². The standard InChI is InChI=1S/C18H17N3O2/c22-18(23)13-5-8-15-16(11-13)20-17(19-15)12-3-6-14(7-4-12)21-9-1-2-10-21/h3-8,11H,1-2,9-10H2,(H,19,20)(H,22,23). The van der Waals surface area contributed by atoms with E-state index in [0.29, 0.717) is 0 Å². The van der Waals surface area contributed by atoms with Gasteiger partial charge in [0.25, 0.3) is 0 Å². The van der Waals surface area contributed by atoms with Crippen molar-refractivity contribution < 1.29 is 9.90 Å². The second kappa shape index (κ2) is 5.43. The average Bonchev–Trinajstić information content (AvgIpc) is 3.23. The molecule has 1 fully saturated rings.